The predicted octanol–water partition coefficient (Wildman–Crippen LogP) is 2.48. The van der Waals surface area contributed by atoms with Crippen LogP contribution in [-0.2, 0) is 0 Å². The largest absolute Gasteiger partial charge is 0.493 e. The fourth-order valence-corrected chi connectivity index (χ4v) is 1.90. The summed E-state index contributed by atoms with van der Waals surface area (Å²) in [5, 5.41) is 7.04. The molecule has 2 rings (SSSR count). The minimum Gasteiger partial charge on any atom is -0.493 e. The van der Waals surface area contributed by atoms with E-state index in [1.807, 2.05) is 0 Å². The summed E-state index contributed by atoms with van der Waals surface area (Å²) >= 11 is 4.90. The molecule has 6 nitrogen and oxygen atoms in total. The van der Waals surface area contributed by atoms with Crippen molar-refractivity contribution in [3.05, 3.63) is 59.4 Å². The number of benzene rings is 2. The molecule has 2 aromatic rings. The molecule has 0 spiro atoms. The van der Waals surface area contributed by atoms with Crippen LogP contribution in [-0.4, -0.2) is 31.5 Å². The number of thiocarbonyl (C=S) groups is 1. The average Bonchev–Trinajstić information content (AvgIpc) is 2.62. The Kier molecular flexibility index (Phi) is 6.41. The van der Waals surface area contributed by atoms with E-state index in [1.165, 1.54) is 37.6 Å². The van der Waals surface area contributed by atoms with Crippen molar-refractivity contribution in [2.75, 3.05) is 14.2 Å². The molecule has 2 N–H and O–H groups in total. The van der Waals surface area contributed by atoms with Gasteiger partial charge in [0.2, 0.25) is 0 Å². The SMILES string of the molecule is CNC(=S)N/N=C/c1ccc(OC(=O)c2ccccc2F)c(OC)c1. The summed E-state index contributed by atoms with van der Waals surface area (Å²) in [6, 6.07) is 10.4. The lowest BCUT2D eigenvalue weighted by atomic mass is 10.2. The van der Waals surface area contributed by atoms with Gasteiger partial charge in [-0.2, -0.15) is 5.10 Å². The Morgan fingerprint density at radius 1 is 1.24 bits per heavy atom. The number of carbonyl (C=O) groups is 1. The van der Waals surface area contributed by atoms with Crippen molar-refractivity contribution in [2.24, 2.45) is 5.10 Å². The summed E-state index contributed by atoms with van der Waals surface area (Å²) in [6.45, 7) is 0. The molecule has 0 bridgehead atoms. The summed E-state index contributed by atoms with van der Waals surface area (Å²) < 4.78 is 24.1. The van der Waals surface area contributed by atoms with E-state index in [1.54, 1.807) is 25.2 Å². The van der Waals surface area contributed by atoms with E-state index in [-0.39, 0.29) is 11.3 Å². The molecule has 0 radical (unpaired) electrons. The Morgan fingerprint density at radius 3 is 2.68 bits per heavy atom. The smallest absolute Gasteiger partial charge is 0.346 e. The average molecular weight is 361 g/mol. The standard InChI is InChI=1S/C17H16FN3O3S/c1-19-17(25)21-20-10-11-7-8-14(15(9-11)23-2)24-16(22)12-5-3-4-6-13(12)18/h3-10H,1-2H3,(H2,19,21,25)/b20-10+. The second-order valence-electron chi connectivity index (χ2n) is 4.73. The molecule has 8 heteroatoms. The van der Waals surface area contributed by atoms with Gasteiger partial charge in [-0.25, -0.2) is 9.18 Å². The Hall–Kier alpha value is -3.00. The number of nitrogens with one attached hydrogen (secondary N) is 2. The first-order chi connectivity index (χ1) is 12.0. The molecule has 0 amide bonds. The Labute approximate surface area is 149 Å². The van der Waals surface area contributed by atoms with Crippen LogP contribution < -0.4 is 20.2 Å². The van der Waals surface area contributed by atoms with Crippen LogP contribution in [0, 0.1) is 5.82 Å². The fraction of sp³-hybridized carbons (Fsp3) is 0.118. The van der Waals surface area contributed by atoms with E-state index < -0.39 is 11.8 Å². The molecule has 130 valence electrons. The summed E-state index contributed by atoms with van der Waals surface area (Å²) in [5.74, 6) is -0.975. The maximum Gasteiger partial charge on any atom is 0.346 e. The number of hydrogen-bond acceptors (Lipinski definition) is 5. The summed E-state index contributed by atoms with van der Waals surface area (Å²) in [6.07, 6.45) is 1.52. The van der Waals surface area contributed by atoms with E-state index >= 15 is 0 Å². The van der Waals surface area contributed by atoms with Crippen LogP contribution in [0.1, 0.15) is 15.9 Å². The molecule has 0 aliphatic heterocycles. The van der Waals surface area contributed by atoms with Gasteiger partial charge in [0.15, 0.2) is 16.6 Å². The monoisotopic (exact) mass is 361 g/mol. The molecule has 0 heterocycles. The molecular formula is C17H16FN3O3S. The number of esters is 1. The first-order valence-corrected chi connectivity index (χ1v) is 7.61. The molecule has 25 heavy (non-hydrogen) atoms. The van der Waals surface area contributed by atoms with Gasteiger partial charge in [0.05, 0.1) is 18.9 Å². The number of hydrazone groups is 1. The number of halogens is 1. The lowest BCUT2D eigenvalue weighted by Gasteiger charge is -2.10. The minimum absolute atomic E-state index is 0.153. The number of carbonyl (C=O) groups excluding carboxylic acids is 1. The van der Waals surface area contributed by atoms with Crippen LogP contribution in [0.3, 0.4) is 0 Å². The van der Waals surface area contributed by atoms with Gasteiger partial charge in [-0.15, -0.1) is 0 Å². The third kappa shape index (κ3) is 4.98. The molecule has 0 aliphatic carbocycles. The van der Waals surface area contributed by atoms with Gasteiger partial charge < -0.3 is 14.8 Å². The predicted molar refractivity (Wildman–Crippen MR) is 96.7 cm³/mol. The van der Waals surface area contributed by atoms with E-state index in [2.05, 4.69) is 15.8 Å². The van der Waals surface area contributed by atoms with Crippen LogP contribution in [0.2, 0.25) is 0 Å². The van der Waals surface area contributed by atoms with Gasteiger partial charge in [-0.05, 0) is 48.1 Å². The van der Waals surface area contributed by atoms with Crippen molar-refractivity contribution in [2.45, 2.75) is 0 Å². The van der Waals surface area contributed by atoms with Gasteiger partial charge >= 0.3 is 5.97 Å². The normalized spacial score (nSPS) is 10.4. The van der Waals surface area contributed by atoms with Crippen LogP contribution >= 0.6 is 12.2 Å². The van der Waals surface area contributed by atoms with Gasteiger partial charge in [0, 0.05) is 7.05 Å². The van der Waals surface area contributed by atoms with Crippen molar-refractivity contribution < 1.29 is 18.7 Å². The zero-order chi connectivity index (χ0) is 18.2. The second kappa shape index (κ2) is 8.74. The molecule has 0 aliphatic rings. The van der Waals surface area contributed by atoms with Crippen molar-refractivity contribution in [1.82, 2.24) is 10.7 Å². The minimum atomic E-state index is -0.807. The summed E-state index contributed by atoms with van der Waals surface area (Å²) in [4.78, 5) is 12.1. The fourth-order valence-electron chi connectivity index (χ4n) is 1.85. The maximum atomic E-state index is 13.7. The summed E-state index contributed by atoms with van der Waals surface area (Å²) in [7, 11) is 3.11. The number of methoxy groups -OCH3 is 1. The molecule has 0 saturated carbocycles. The van der Waals surface area contributed by atoms with Crippen molar-refractivity contribution in [3.63, 3.8) is 0 Å². The third-order valence-electron chi connectivity index (χ3n) is 3.09. The maximum absolute atomic E-state index is 13.7. The number of nitrogens with zero attached hydrogens (tertiary/aromatic N) is 1. The van der Waals surface area contributed by atoms with Crippen molar-refractivity contribution >= 4 is 29.5 Å². The summed E-state index contributed by atoms with van der Waals surface area (Å²) in [5.41, 5.74) is 3.15. The first kappa shape index (κ1) is 18.3. The highest BCUT2D eigenvalue weighted by Gasteiger charge is 2.16. The zero-order valence-corrected chi connectivity index (χ0v) is 14.4. The Balaban J connectivity index is 2.15. The van der Waals surface area contributed by atoms with Gasteiger partial charge in [-0.1, -0.05) is 12.1 Å². The topological polar surface area (TPSA) is 72.0 Å². The van der Waals surface area contributed by atoms with Crippen molar-refractivity contribution in [3.8, 4) is 11.5 Å². The molecular weight excluding hydrogens is 345 g/mol. The molecule has 0 aromatic heterocycles. The van der Waals surface area contributed by atoms with Gasteiger partial charge in [-0.3, -0.25) is 5.43 Å². The lowest BCUT2D eigenvalue weighted by molar-refractivity contribution is 0.0725. The molecule has 0 saturated heterocycles. The van der Waals surface area contributed by atoms with E-state index in [9.17, 15) is 9.18 Å². The van der Waals surface area contributed by atoms with Crippen molar-refractivity contribution in [1.29, 1.82) is 0 Å². The van der Waals surface area contributed by atoms with Crippen LogP contribution in [0.4, 0.5) is 4.39 Å². The molecule has 0 fully saturated rings. The van der Waals surface area contributed by atoms with Crippen LogP contribution in [0.15, 0.2) is 47.6 Å². The van der Waals surface area contributed by atoms with E-state index in [0.717, 1.165) is 0 Å². The van der Waals surface area contributed by atoms with Crippen LogP contribution in [0.5, 0.6) is 11.5 Å². The zero-order valence-electron chi connectivity index (χ0n) is 13.6. The number of rotatable bonds is 5. The Bertz CT molecular complexity index is 811. The van der Waals surface area contributed by atoms with E-state index in [0.29, 0.717) is 16.4 Å². The molecule has 0 unspecified atom stereocenters. The Morgan fingerprint density at radius 2 is 2.00 bits per heavy atom. The highest BCUT2D eigenvalue weighted by atomic mass is 32.1. The number of hydrogen-bond donors (Lipinski definition) is 2. The quantitative estimate of drug-likeness (QED) is 0.280. The van der Waals surface area contributed by atoms with Crippen LogP contribution in [0.25, 0.3) is 0 Å². The highest BCUT2D eigenvalue weighted by Crippen LogP contribution is 2.28. The van der Waals surface area contributed by atoms with Gasteiger partial charge in [0.1, 0.15) is 5.82 Å². The van der Waals surface area contributed by atoms with E-state index in [4.69, 9.17) is 21.7 Å². The molecule has 0 atom stereocenters. The van der Waals surface area contributed by atoms with Gasteiger partial charge in [0.25, 0.3) is 0 Å². The lowest BCUT2D eigenvalue weighted by Crippen LogP contribution is -2.28. The number of ether oxygens (including phenoxy) is 2. The molecule has 2 aromatic carbocycles. The third-order valence-corrected chi connectivity index (χ3v) is 3.39. The first-order valence-electron chi connectivity index (χ1n) is 7.20. The second-order valence-corrected chi connectivity index (χ2v) is 5.14. The highest BCUT2D eigenvalue weighted by molar-refractivity contribution is 7.80.